The van der Waals surface area contributed by atoms with Gasteiger partial charge in [0.25, 0.3) is 0 Å². The maximum absolute atomic E-state index is 13.8. The van der Waals surface area contributed by atoms with Crippen molar-refractivity contribution < 1.29 is 9.18 Å². The van der Waals surface area contributed by atoms with Gasteiger partial charge >= 0.3 is 0 Å². The molecule has 1 aliphatic heterocycles. The van der Waals surface area contributed by atoms with Crippen LogP contribution >= 0.6 is 24.0 Å². The van der Waals surface area contributed by atoms with E-state index >= 15 is 0 Å². The summed E-state index contributed by atoms with van der Waals surface area (Å²) in [6, 6.07) is 4.32. The fraction of sp³-hybridized carbons (Fsp3) is 0.412. The first kappa shape index (κ1) is 20.6. The minimum absolute atomic E-state index is 0. The van der Waals surface area contributed by atoms with E-state index in [2.05, 4.69) is 20.5 Å². The van der Waals surface area contributed by atoms with Gasteiger partial charge < -0.3 is 15.2 Å². The predicted octanol–water partition coefficient (Wildman–Crippen LogP) is 2.61. The number of carbonyl (C=O) groups is 1. The molecule has 2 heterocycles. The van der Waals surface area contributed by atoms with E-state index in [0.29, 0.717) is 11.6 Å². The largest absolute Gasteiger partial charge is 0.337 e. The third kappa shape index (κ3) is 4.94. The first-order valence-electron chi connectivity index (χ1n) is 8.21. The molecule has 6 nitrogen and oxygen atoms in total. The number of aryl methyl sites for hydroxylation is 1. The van der Waals surface area contributed by atoms with Gasteiger partial charge in [-0.25, -0.2) is 9.37 Å². The lowest BCUT2D eigenvalue weighted by Gasteiger charge is -2.35. The van der Waals surface area contributed by atoms with Gasteiger partial charge in [-0.1, -0.05) is 11.6 Å². The summed E-state index contributed by atoms with van der Waals surface area (Å²) in [5.74, 6) is 0.212. The molecule has 9 heteroatoms. The highest BCUT2D eigenvalue weighted by atomic mass is 35.5. The van der Waals surface area contributed by atoms with Crippen LogP contribution in [0.1, 0.15) is 18.3 Å². The Hall–Kier alpha value is -1.67. The first-order chi connectivity index (χ1) is 12.0. The molecule has 1 atom stereocenters. The van der Waals surface area contributed by atoms with Crippen LogP contribution in [0.3, 0.4) is 0 Å². The van der Waals surface area contributed by atoms with Crippen LogP contribution in [-0.2, 0) is 11.8 Å². The number of carbonyl (C=O) groups excluding carboxylic acids is 1. The predicted molar refractivity (Wildman–Crippen MR) is 102 cm³/mol. The van der Waals surface area contributed by atoms with Crippen LogP contribution < -0.4 is 10.6 Å². The summed E-state index contributed by atoms with van der Waals surface area (Å²) < 4.78 is 15.8. The van der Waals surface area contributed by atoms with Gasteiger partial charge in [0.2, 0.25) is 5.91 Å². The van der Waals surface area contributed by atoms with E-state index < -0.39 is 5.82 Å². The van der Waals surface area contributed by atoms with Crippen molar-refractivity contribution in [1.82, 2.24) is 19.8 Å². The minimum atomic E-state index is -0.533. The number of anilines is 1. The standard InChI is InChI=1S/C17H21ClFN5O.ClH/c1-23-8-6-21-17(23)15-11-20-5-9-24(15)7-4-16(25)22-14-3-2-12(18)10-13(14)19;/h2-3,6,8,10,15,20H,4-5,7,9,11H2,1H3,(H,22,25);1H. The topological polar surface area (TPSA) is 62.2 Å². The van der Waals surface area contributed by atoms with Crippen molar-refractivity contribution >= 4 is 35.6 Å². The number of amides is 1. The van der Waals surface area contributed by atoms with Crippen molar-refractivity contribution in [2.75, 3.05) is 31.5 Å². The Labute approximate surface area is 163 Å². The number of hydrogen-bond acceptors (Lipinski definition) is 4. The van der Waals surface area contributed by atoms with E-state index in [1.165, 1.54) is 12.1 Å². The third-order valence-electron chi connectivity index (χ3n) is 4.34. The molecule has 1 amide bonds. The molecule has 2 N–H and O–H groups in total. The molecule has 0 saturated carbocycles. The van der Waals surface area contributed by atoms with Gasteiger partial charge in [-0.2, -0.15) is 0 Å². The second-order valence-corrected chi connectivity index (χ2v) is 6.51. The van der Waals surface area contributed by atoms with Gasteiger partial charge in [-0.05, 0) is 18.2 Å². The monoisotopic (exact) mass is 401 g/mol. The number of nitrogens with one attached hydrogen (secondary N) is 2. The Bertz CT molecular complexity index is 755. The van der Waals surface area contributed by atoms with Crippen LogP contribution in [0.15, 0.2) is 30.6 Å². The molecule has 1 fully saturated rings. The van der Waals surface area contributed by atoms with Crippen molar-refractivity contribution in [3.8, 4) is 0 Å². The Kier molecular flexibility index (Phi) is 7.40. The second kappa shape index (κ2) is 9.32. The molecule has 1 saturated heterocycles. The van der Waals surface area contributed by atoms with E-state index in [1.54, 1.807) is 12.3 Å². The zero-order valence-electron chi connectivity index (χ0n) is 14.4. The van der Waals surface area contributed by atoms with Gasteiger partial charge in [0.1, 0.15) is 11.6 Å². The molecule has 0 bridgehead atoms. The normalized spacial score (nSPS) is 17.6. The lowest BCUT2D eigenvalue weighted by molar-refractivity contribution is -0.116. The molecule has 2 aromatic rings. The van der Waals surface area contributed by atoms with Crippen molar-refractivity contribution in [3.05, 3.63) is 47.3 Å². The maximum atomic E-state index is 13.8. The molecule has 0 aliphatic carbocycles. The highest BCUT2D eigenvalue weighted by Crippen LogP contribution is 2.21. The van der Waals surface area contributed by atoms with Gasteiger partial charge in [-0.3, -0.25) is 9.69 Å². The summed E-state index contributed by atoms with van der Waals surface area (Å²) >= 11 is 5.72. The van der Waals surface area contributed by atoms with Gasteiger partial charge in [0.05, 0.1) is 11.7 Å². The Morgan fingerprint density at radius 1 is 1.50 bits per heavy atom. The zero-order chi connectivity index (χ0) is 17.8. The summed E-state index contributed by atoms with van der Waals surface area (Å²) in [5.41, 5.74) is 0.148. The zero-order valence-corrected chi connectivity index (χ0v) is 16.0. The molecule has 142 valence electrons. The molecule has 26 heavy (non-hydrogen) atoms. The minimum Gasteiger partial charge on any atom is -0.337 e. The second-order valence-electron chi connectivity index (χ2n) is 6.07. The van der Waals surface area contributed by atoms with E-state index in [0.717, 1.165) is 25.5 Å². The van der Waals surface area contributed by atoms with Crippen molar-refractivity contribution in [3.63, 3.8) is 0 Å². The molecule has 3 rings (SSSR count). The average Bonchev–Trinajstić information content (AvgIpc) is 3.02. The number of nitrogens with zero attached hydrogens (tertiary/aromatic N) is 3. The summed E-state index contributed by atoms with van der Waals surface area (Å²) in [6.07, 6.45) is 3.97. The van der Waals surface area contributed by atoms with E-state index in [-0.39, 0.29) is 36.5 Å². The summed E-state index contributed by atoms with van der Waals surface area (Å²) in [5, 5.41) is 6.27. The van der Waals surface area contributed by atoms with E-state index in [1.807, 2.05) is 17.8 Å². The van der Waals surface area contributed by atoms with Crippen LogP contribution in [0.2, 0.25) is 5.02 Å². The van der Waals surface area contributed by atoms with Crippen LogP contribution in [0.4, 0.5) is 10.1 Å². The van der Waals surface area contributed by atoms with Gasteiger partial charge in [0, 0.05) is 57.1 Å². The molecular formula is C17H22Cl2FN5O. The summed E-state index contributed by atoms with van der Waals surface area (Å²) in [7, 11) is 1.96. The molecule has 1 aliphatic rings. The SMILES string of the molecule is Cl.Cn1ccnc1C1CNCCN1CCC(=O)Nc1ccc(Cl)cc1F. The van der Waals surface area contributed by atoms with Crippen LogP contribution in [0, 0.1) is 5.82 Å². The van der Waals surface area contributed by atoms with Crippen LogP contribution in [0.5, 0.6) is 0 Å². The quantitative estimate of drug-likeness (QED) is 0.807. The Balaban J connectivity index is 0.00000243. The van der Waals surface area contributed by atoms with Gasteiger partial charge in [0.15, 0.2) is 0 Å². The number of piperazine rings is 1. The smallest absolute Gasteiger partial charge is 0.225 e. The molecule has 1 unspecified atom stereocenters. The average molecular weight is 402 g/mol. The van der Waals surface area contributed by atoms with Crippen molar-refractivity contribution in [2.45, 2.75) is 12.5 Å². The fourth-order valence-electron chi connectivity index (χ4n) is 3.02. The van der Waals surface area contributed by atoms with Crippen molar-refractivity contribution in [1.29, 1.82) is 0 Å². The van der Waals surface area contributed by atoms with Crippen LogP contribution in [-0.4, -0.2) is 46.5 Å². The van der Waals surface area contributed by atoms with Crippen LogP contribution in [0.25, 0.3) is 0 Å². The fourth-order valence-corrected chi connectivity index (χ4v) is 3.17. The molecule has 0 radical (unpaired) electrons. The number of imidazole rings is 1. The number of rotatable bonds is 5. The summed E-state index contributed by atoms with van der Waals surface area (Å²) in [6.45, 7) is 3.08. The summed E-state index contributed by atoms with van der Waals surface area (Å²) in [4.78, 5) is 18.8. The molecule has 0 spiro atoms. The van der Waals surface area contributed by atoms with Crippen molar-refractivity contribution in [2.24, 2.45) is 7.05 Å². The van der Waals surface area contributed by atoms with E-state index in [9.17, 15) is 9.18 Å². The van der Waals surface area contributed by atoms with E-state index in [4.69, 9.17) is 11.6 Å². The third-order valence-corrected chi connectivity index (χ3v) is 4.58. The lowest BCUT2D eigenvalue weighted by atomic mass is 10.1. The number of benzene rings is 1. The number of hydrogen-bond donors (Lipinski definition) is 2. The Morgan fingerprint density at radius 3 is 3.00 bits per heavy atom. The van der Waals surface area contributed by atoms with Gasteiger partial charge in [-0.15, -0.1) is 12.4 Å². The lowest BCUT2D eigenvalue weighted by Crippen LogP contribution is -2.47. The number of halogens is 3. The highest BCUT2D eigenvalue weighted by Gasteiger charge is 2.26. The number of aromatic nitrogens is 2. The molecule has 1 aromatic heterocycles. The molecule has 1 aromatic carbocycles. The maximum Gasteiger partial charge on any atom is 0.225 e. The first-order valence-corrected chi connectivity index (χ1v) is 8.59. The highest BCUT2D eigenvalue weighted by molar-refractivity contribution is 6.30. The Morgan fingerprint density at radius 2 is 2.31 bits per heavy atom. The molecular weight excluding hydrogens is 380 g/mol.